The third-order valence-electron chi connectivity index (χ3n) is 2.58. The van der Waals surface area contributed by atoms with Gasteiger partial charge in [0.2, 0.25) is 0 Å². The molecule has 0 atom stereocenters. The molecule has 0 aliphatic heterocycles. The SMILES string of the molecule is CN(CC(C)(C)O)C(=O)c1cc(C(C)(C)C)[nH]n1. The molecule has 5 nitrogen and oxygen atoms in total. The Labute approximate surface area is 108 Å². The molecule has 0 spiro atoms. The first kappa shape index (κ1) is 14.7. The van der Waals surface area contributed by atoms with Crippen LogP contribution in [-0.2, 0) is 5.41 Å². The average Bonchev–Trinajstić information content (AvgIpc) is 2.61. The van der Waals surface area contributed by atoms with Gasteiger partial charge in [-0.05, 0) is 19.9 Å². The molecule has 1 rings (SSSR count). The number of amides is 1. The molecule has 2 N–H and O–H groups in total. The largest absolute Gasteiger partial charge is 0.389 e. The van der Waals surface area contributed by atoms with Crippen molar-refractivity contribution in [3.05, 3.63) is 17.5 Å². The summed E-state index contributed by atoms with van der Waals surface area (Å²) in [5, 5.41) is 16.6. The summed E-state index contributed by atoms with van der Waals surface area (Å²) < 4.78 is 0. The minimum atomic E-state index is -0.909. The van der Waals surface area contributed by atoms with Gasteiger partial charge in [-0.25, -0.2) is 0 Å². The van der Waals surface area contributed by atoms with Crippen molar-refractivity contribution in [2.24, 2.45) is 0 Å². The van der Waals surface area contributed by atoms with E-state index in [1.807, 2.05) is 0 Å². The lowest BCUT2D eigenvalue weighted by atomic mass is 9.92. The summed E-state index contributed by atoms with van der Waals surface area (Å²) in [6, 6.07) is 1.77. The molecule has 0 radical (unpaired) electrons. The van der Waals surface area contributed by atoms with Crippen molar-refractivity contribution >= 4 is 5.91 Å². The molecule has 0 saturated carbocycles. The lowest BCUT2D eigenvalue weighted by Gasteiger charge is -2.24. The van der Waals surface area contributed by atoms with Gasteiger partial charge in [0.25, 0.3) is 5.91 Å². The minimum absolute atomic E-state index is 0.0691. The zero-order valence-corrected chi connectivity index (χ0v) is 12.0. The van der Waals surface area contributed by atoms with E-state index in [1.54, 1.807) is 27.0 Å². The van der Waals surface area contributed by atoms with Gasteiger partial charge in [0.1, 0.15) is 5.69 Å². The van der Waals surface area contributed by atoms with Crippen LogP contribution in [0.4, 0.5) is 0 Å². The van der Waals surface area contributed by atoms with E-state index in [0.29, 0.717) is 5.69 Å². The summed E-state index contributed by atoms with van der Waals surface area (Å²) >= 11 is 0. The van der Waals surface area contributed by atoms with E-state index in [-0.39, 0.29) is 17.9 Å². The van der Waals surface area contributed by atoms with Gasteiger partial charge in [0.05, 0.1) is 5.60 Å². The average molecular weight is 253 g/mol. The molecule has 0 aliphatic rings. The first-order valence-corrected chi connectivity index (χ1v) is 6.04. The van der Waals surface area contributed by atoms with Crippen molar-refractivity contribution in [1.29, 1.82) is 0 Å². The fraction of sp³-hybridized carbons (Fsp3) is 0.692. The molecule has 1 heterocycles. The Morgan fingerprint density at radius 3 is 2.33 bits per heavy atom. The van der Waals surface area contributed by atoms with Crippen molar-refractivity contribution in [3.8, 4) is 0 Å². The first-order valence-electron chi connectivity index (χ1n) is 6.04. The van der Waals surface area contributed by atoms with Crippen molar-refractivity contribution in [2.75, 3.05) is 13.6 Å². The standard InChI is InChI=1S/C13H23N3O2/c1-12(2,3)10-7-9(14-15-10)11(17)16(6)8-13(4,5)18/h7,18H,8H2,1-6H3,(H,14,15). The highest BCUT2D eigenvalue weighted by molar-refractivity contribution is 5.92. The number of likely N-dealkylation sites (N-methyl/N-ethyl adjacent to an activating group) is 1. The molecule has 1 aromatic heterocycles. The highest BCUT2D eigenvalue weighted by Gasteiger charge is 2.24. The summed E-state index contributed by atoms with van der Waals surface area (Å²) in [4.78, 5) is 13.6. The maximum Gasteiger partial charge on any atom is 0.274 e. The Morgan fingerprint density at radius 1 is 1.39 bits per heavy atom. The number of nitrogens with one attached hydrogen (secondary N) is 1. The van der Waals surface area contributed by atoms with Crippen LogP contribution < -0.4 is 0 Å². The van der Waals surface area contributed by atoms with Gasteiger partial charge >= 0.3 is 0 Å². The maximum absolute atomic E-state index is 12.1. The van der Waals surface area contributed by atoms with Crippen LogP contribution in [0, 0.1) is 0 Å². The van der Waals surface area contributed by atoms with Crippen molar-refractivity contribution in [2.45, 2.75) is 45.6 Å². The topological polar surface area (TPSA) is 69.2 Å². The van der Waals surface area contributed by atoms with Crippen molar-refractivity contribution in [3.63, 3.8) is 0 Å². The first-order chi connectivity index (χ1) is 8.00. The Hall–Kier alpha value is -1.36. The molecule has 0 unspecified atom stereocenters. The number of nitrogens with zero attached hydrogens (tertiary/aromatic N) is 2. The van der Waals surface area contributed by atoms with Gasteiger partial charge in [0, 0.05) is 24.7 Å². The van der Waals surface area contributed by atoms with E-state index in [0.717, 1.165) is 5.69 Å². The zero-order chi connectivity index (χ0) is 14.1. The van der Waals surface area contributed by atoms with E-state index in [9.17, 15) is 9.90 Å². The number of carbonyl (C=O) groups excluding carboxylic acids is 1. The summed E-state index contributed by atoms with van der Waals surface area (Å²) in [7, 11) is 1.66. The van der Waals surface area contributed by atoms with Crippen LogP contribution in [0.2, 0.25) is 0 Å². The molecule has 0 bridgehead atoms. The second-order valence-corrected chi connectivity index (χ2v) is 6.39. The Bertz CT molecular complexity index is 424. The van der Waals surface area contributed by atoms with Gasteiger partial charge in [-0.2, -0.15) is 5.10 Å². The second kappa shape index (κ2) is 4.72. The van der Waals surface area contributed by atoms with Crippen LogP contribution in [-0.4, -0.2) is 45.3 Å². The third-order valence-corrected chi connectivity index (χ3v) is 2.58. The number of aliphatic hydroxyl groups is 1. The summed E-state index contributed by atoms with van der Waals surface area (Å²) in [6.45, 7) is 9.76. The molecule has 0 fully saturated rings. The molecule has 5 heteroatoms. The van der Waals surface area contributed by atoms with E-state index in [4.69, 9.17) is 0 Å². The summed E-state index contributed by atoms with van der Waals surface area (Å²) in [6.07, 6.45) is 0. The zero-order valence-electron chi connectivity index (χ0n) is 12.0. The van der Waals surface area contributed by atoms with Crippen LogP contribution in [0.1, 0.15) is 50.8 Å². The van der Waals surface area contributed by atoms with Gasteiger partial charge in [-0.3, -0.25) is 9.89 Å². The monoisotopic (exact) mass is 253 g/mol. The van der Waals surface area contributed by atoms with Crippen molar-refractivity contribution in [1.82, 2.24) is 15.1 Å². The number of hydrogen-bond acceptors (Lipinski definition) is 3. The van der Waals surface area contributed by atoms with E-state index in [1.165, 1.54) is 4.90 Å². The number of aromatic amines is 1. The predicted molar refractivity (Wildman–Crippen MR) is 70.5 cm³/mol. The minimum Gasteiger partial charge on any atom is -0.389 e. The molecule has 102 valence electrons. The highest BCUT2D eigenvalue weighted by Crippen LogP contribution is 2.20. The lowest BCUT2D eigenvalue weighted by Crippen LogP contribution is -2.39. The molecule has 0 aromatic carbocycles. The van der Waals surface area contributed by atoms with Crippen LogP contribution in [0.3, 0.4) is 0 Å². The number of H-pyrrole nitrogens is 1. The number of carbonyl (C=O) groups is 1. The molecule has 1 amide bonds. The Balaban J connectivity index is 2.82. The van der Waals surface area contributed by atoms with Crippen LogP contribution >= 0.6 is 0 Å². The van der Waals surface area contributed by atoms with Crippen LogP contribution in [0.15, 0.2) is 6.07 Å². The quantitative estimate of drug-likeness (QED) is 0.858. The Kier molecular flexibility index (Phi) is 3.86. The van der Waals surface area contributed by atoms with E-state index < -0.39 is 5.60 Å². The number of aromatic nitrogens is 2. The van der Waals surface area contributed by atoms with E-state index >= 15 is 0 Å². The van der Waals surface area contributed by atoms with E-state index in [2.05, 4.69) is 31.0 Å². The molecule has 18 heavy (non-hydrogen) atoms. The number of hydrogen-bond donors (Lipinski definition) is 2. The van der Waals surface area contributed by atoms with Crippen molar-refractivity contribution < 1.29 is 9.90 Å². The molecular weight excluding hydrogens is 230 g/mol. The molecule has 0 aliphatic carbocycles. The fourth-order valence-electron chi connectivity index (χ4n) is 1.66. The Morgan fingerprint density at radius 2 is 1.94 bits per heavy atom. The fourth-order valence-corrected chi connectivity index (χ4v) is 1.66. The highest BCUT2D eigenvalue weighted by atomic mass is 16.3. The molecular formula is C13H23N3O2. The van der Waals surface area contributed by atoms with Crippen LogP contribution in [0.25, 0.3) is 0 Å². The third kappa shape index (κ3) is 3.84. The van der Waals surface area contributed by atoms with Gasteiger partial charge in [-0.15, -0.1) is 0 Å². The molecule has 0 saturated heterocycles. The normalized spacial score (nSPS) is 12.6. The van der Waals surface area contributed by atoms with Gasteiger partial charge < -0.3 is 10.0 Å². The summed E-state index contributed by atoms with van der Waals surface area (Å²) in [5.41, 5.74) is 0.322. The smallest absolute Gasteiger partial charge is 0.274 e. The van der Waals surface area contributed by atoms with Crippen LogP contribution in [0.5, 0.6) is 0 Å². The van der Waals surface area contributed by atoms with Gasteiger partial charge in [0.15, 0.2) is 0 Å². The number of rotatable bonds is 3. The maximum atomic E-state index is 12.1. The summed E-state index contributed by atoms with van der Waals surface area (Å²) in [5.74, 6) is -0.191. The second-order valence-electron chi connectivity index (χ2n) is 6.39. The molecule has 1 aromatic rings. The lowest BCUT2D eigenvalue weighted by molar-refractivity contribution is 0.0365. The predicted octanol–water partition coefficient (Wildman–Crippen LogP) is 1.55. The van der Waals surface area contributed by atoms with Gasteiger partial charge in [-0.1, -0.05) is 20.8 Å².